The number of carboxylic acid groups (broad SMARTS) is 1. The molecule has 2 heterocycles. The summed E-state index contributed by atoms with van der Waals surface area (Å²) in [6.07, 6.45) is 4.15. The van der Waals surface area contributed by atoms with Gasteiger partial charge in [-0.3, -0.25) is 4.98 Å². The van der Waals surface area contributed by atoms with E-state index in [1.807, 2.05) is 0 Å². The summed E-state index contributed by atoms with van der Waals surface area (Å²) in [5, 5.41) is 8.98. The monoisotopic (exact) mass is 300 g/mol. The van der Waals surface area contributed by atoms with Crippen molar-refractivity contribution < 1.29 is 14.6 Å². The molecule has 1 aliphatic heterocycles. The zero-order valence-corrected chi connectivity index (χ0v) is 10.8. The Labute approximate surface area is 108 Å². The fourth-order valence-electron chi connectivity index (χ4n) is 1.92. The van der Waals surface area contributed by atoms with Gasteiger partial charge in [0.1, 0.15) is 6.61 Å². The van der Waals surface area contributed by atoms with Crippen LogP contribution in [0.25, 0.3) is 0 Å². The van der Waals surface area contributed by atoms with Gasteiger partial charge in [-0.15, -0.1) is 0 Å². The van der Waals surface area contributed by atoms with Gasteiger partial charge in [0.2, 0.25) is 0 Å². The van der Waals surface area contributed by atoms with Crippen molar-refractivity contribution in [3.8, 4) is 5.75 Å². The maximum atomic E-state index is 10.9. The van der Waals surface area contributed by atoms with Crippen molar-refractivity contribution in [1.82, 2.24) is 9.88 Å². The maximum absolute atomic E-state index is 10.9. The highest BCUT2D eigenvalue weighted by Crippen LogP contribution is 2.24. The normalized spacial score (nSPS) is 19.4. The van der Waals surface area contributed by atoms with Crippen LogP contribution in [-0.2, 0) is 0 Å². The van der Waals surface area contributed by atoms with Crippen LogP contribution in [0.15, 0.2) is 22.9 Å². The highest BCUT2D eigenvalue weighted by Gasteiger charge is 2.28. The van der Waals surface area contributed by atoms with Crippen LogP contribution >= 0.6 is 15.9 Å². The highest BCUT2D eigenvalue weighted by molar-refractivity contribution is 9.10. The average molecular weight is 301 g/mol. The molecule has 0 spiro atoms. The summed E-state index contributed by atoms with van der Waals surface area (Å²) in [6, 6.07) is 1.73. The lowest BCUT2D eigenvalue weighted by molar-refractivity contribution is 0.123. The molecule has 1 fully saturated rings. The Morgan fingerprint density at radius 3 is 3.24 bits per heavy atom. The number of amides is 1. The van der Waals surface area contributed by atoms with Gasteiger partial charge in [0, 0.05) is 12.7 Å². The first kappa shape index (κ1) is 12.2. The summed E-state index contributed by atoms with van der Waals surface area (Å²) >= 11 is 3.35. The molecule has 1 saturated heterocycles. The summed E-state index contributed by atoms with van der Waals surface area (Å²) < 4.78 is 6.41. The van der Waals surface area contributed by atoms with Crippen LogP contribution in [0.3, 0.4) is 0 Å². The fraction of sp³-hybridized carbons (Fsp3) is 0.455. The molecule has 0 aliphatic carbocycles. The number of hydrogen-bond donors (Lipinski definition) is 1. The molecule has 92 valence electrons. The molecule has 6 heteroatoms. The molecule has 5 nitrogen and oxygen atoms in total. The summed E-state index contributed by atoms with van der Waals surface area (Å²) in [4.78, 5) is 16.3. The van der Waals surface area contributed by atoms with E-state index in [1.54, 1.807) is 18.5 Å². The zero-order valence-electron chi connectivity index (χ0n) is 9.17. The van der Waals surface area contributed by atoms with Crippen LogP contribution in [0.1, 0.15) is 12.8 Å². The van der Waals surface area contributed by atoms with E-state index < -0.39 is 6.09 Å². The molecular formula is C11H13BrN2O3. The Morgan fingerprint density at radius 1 is 1.71 bits per heavy atom. The highest BCUT2D eigenvalue weighted by atomic mass is 79.9. The van der Waals surface area contributed by atoms with Gasteiger partial charge < -0.3 is 14.7 Å². The molecule has 1 aromatic rings. The Balaban J connectivity index is 1.94. The van der Waals surface area contributed by atoms with Crippen molar-refractivity contribution in [3.63, 3.8) is 0 Å². The van der Waals surface area contributed by atoms with Crippen LogP contribution in [0.4, 0.5) is 4.79 Å². The molecule has 0 radical (unpaired) electrons. The van der Waals surface area contributed by atoms with Gasteiger partial charge in [-0.05, 0) is 34.8 Å². The van der Waals surface area contributed by atoms with E-state index in [2.05, 4.69) is 20.9 Å². The zero-order chi connectivity index (χ0) is 12.3. The second kappa shape index (κ2) is 5.35. The number of nitrogens with zero attached hydrogens (tertiary/aromatic N) is 2. The Bertz CT molecular complexity index is 413. The van der Waals surface area contributed by atoms with Crippen LogP contribution in [-0.4, -0.2) is 40.3 Å². The first-order valence-corrected chi connectivity index (χ1v) is 6.19. The number of ether oxygens (including phenoxy) is 1. The molecular weight excluding hydrogens is 288 g/mol. The van der Waals surface area contributed by atoms with E-state index in [0.717, 1.165) is 17.3 Å². The predicted molar refractivity (Wildman–Crippen MR) is 65.2 cm³/mol. The number of carbonyl (C=O) groups is 1. The third kappa shape index (κ3) is 2.88. The Morgan fingerprint density at radius 2 is 2.53 bits per heavy atom. The minimum atomic E-state index is -0.874. The second-order valence-electron chi connectivity index (χ2n) is 3.89. The van der Waals surface area contributed by atoms with Crippen LogP contribution in [0, 0.1) is 0 Å². The number of pyridine rings is 1. The van der Waals surface area contributed by atoms with E-state index in [9.17, 15) is 4.79 Å². The Kier molecular flexibility index (Phi) is 3.83. The van der Waals surface area contributed by atoms with Crippen LogP contribution in [0.5, 0.6) is 5.75 Å². The van der Waals surface area contributed by atoms with Crippen molar-refractivity contribution in [2.75, 3.05) is 13.2 Å². The lowest BCUT2D eigenvalue weighted by Gasteiger charge is -2.21. The lowest BCUT2D eigenvalue weighted by Crippen LogP contribution is -2.38. The molecule has 2 rings (SSSR count). The van der Waals surface area contributed by atoms with Crippen molar-refractivity contribution in [3.05, 3.63) is 22.9 Å². The number of halogens is 1. The van der Waals surface area contributed by atoms with Gasteiger partial charge >= 0.3 is 6.09 Å². The smallest absolute Gasteiger partial charge is 0.407 e. The molecule has 1 aliphatic rings. The van der Waals surface area contributed by atoms with E-state index in [-0.39, 0.29) is 6.04 Å². The summed E-state index contributed by atoms with van der Waals surface area (Å²) in [5.74, 6) is 0.643. The average Bonchev–Trinajstić information content (AvgIpc) is 2.76. The Hall–Kier alpha value is -1.30. The molecule has 1 atom stereocenters. The number of rotatable bonds is 3. The van der Waals surface area contributed by atoms with Crippen LogP contribution in [0.2, 0.25) is 0 Å². The maximum Gasteiger partial charge on any atom is 0.407 e. The summed E-state index contributed by atoms with van der Waals surface area (Å²) in [5.41, 5.74) is 0. The van der Waals surface area contributed by atoms with Gasteiger partial charge in [0.05, 0.1) is 16.7 Å². The first-order valence-electron chi connectivity index (χ1n) is 5.40. The van der Waals surface area contributed by atoms with Gasteiger partial charge in [-0.1, -0.05) is 0 Å². The molecule has 1 amide bonds. The minimum absolute atomic E-state index is 0.0559. The van der Waals surface area contributed by atoms with E-state index >= 15 is 0 Å². The summed E-state index contributed by atoms with van der Waals surface area (Å²) in [7, 11) is 0. The molecule has 0 saturated carbocycles. The third-order valence-electron chi connectivity index (χ3n) is 2.79. The van der Waals surface area contributed by atoms with Gasteiger partial charge in [-0.25, -0.2) is 4.79 Å². The van der Waals surface area contributed by atoms with Crippen LogP contribution < -0.4 is 4.74 Å². The predicted octanol–water partition coefficient (Wildman–Crippen LogP) is 2.37. The van der Waals surface area contributed by atoms with Crippen molar-refractivity contribution in [2.24, 2.45) is 0 Å². The van der Waals surface area contributed by atoms with E-state index in [0.29, 0.717) is 18.9 Å². The molecule has 0 bridgehead atoms. The largest absolute Gasteiger partial charge is 0.489 e. The minimum Gasteiger partial charge on any atom is -0.489 e. The lowest BCUT2D eigenvalue weighted by atomic mass is 10.2. The standard InChI is InChI=1S/C11H13BrN2O3/c12-9-3-4-13-6-10(9)17-7-8-2-1-5-14(8)11(15)16/h3-4,6,8H,1-2,5,7H2,(H,15,16)/t8-/m0/s1. The molecule has 1 aromatic heterocycles. The van der Waals surface area contributed by atoms with Gasteiger partial charge in [0.15, 0.2) is 5.75 Å². The quantitative estimate of drug-likeness (QED) is 0.931. The number of likely N-dealkylation sites (tertiary alicyclic amines) is 1. The SMILES string of the molecule is O=C(O)N1CCC[C@H]1COc1cnccc1Br. The molecule has 17 heavy (non-hydrogen) atoms. The van der Waals surface area contributed by atoms with E-state index in [1.165, 1.54) is 4.90 Å². The van der Waals surface area contributed by atoms with Crippen molar-refractivity contribution in [2.45, 2.75) is 18.9 Å². The molecule has 0 unspecified atom stereocenters. The third-order valence-corrected chi connectivity index (χ3v) is 3.44. The number of hydrogen-bond acceptors (Lipinski definition) is 3. The number of aromatic nitrogens is 1. The molecule has 0 aromatic carbocycles. The van der Waals surface area contributed by atoms with Crippen molar-refractivity contribution >= 4 is 22.0 Å². The fourth-order valence-corrected chi connectivity index (χ4v) is 2.25. The second-order valence-corrected chi connectivity index (χ2v) is 4.74. The topological polar surface area (TPSA) is 62.7 Å². The van der Waals surface area contributed by atoms with Gasteiger partial charge in [0.25, 0.3) is 0 Å². The van der Waals surface area contributed by atoms with Gasteiger partial charge in [-0.2, -0.15) is 0 Å². The van der Waals surface area contributed by atoms with Crippen molar-refractivity contribution in [1.29, 1.82) is 0 Å². The first-order chi connectivity index (χ1) is 8.18. The molecule has 1 N–H and O–H groups in total. The summed E-state index contributed by atoms with van der Waals surface area (Å²) in [6.45, 7) is 0.966. The van der Waals surface area contributed by atoms with E-state index in [4.69, 9.17) is 9.84 Å².